The van der Waals surface area contributed by atoms with Gasteiger partial charge in [0.25, 0.3) is 0 Å². The summed E-state index contributed by atoms with van der Waals surface area (Å²) in [6.45, 7) is 12.1. The van der Waals surface area contributed by atoms with E-state index in [0.29, 0.717) is 11.3 Å². The van der Waals surface area contributed by atoms with Crippen molar-refractivity contribution >= 4 is 6.29 Å². The van der Waals surface area contributed by atoms with E-state index in [2.05, 4.69) is 0 Å². The van der Waals surface area contributed by atoms with Crippen LogP contribution in [0.15, 0.2) is 12.1 Å². The molecule has 0 saturated heterocycles. The fourth-order valence-electron chi connectivity index (χ4n) is 1.84. The number of hydrogen-bond donors (Lipinski definition) is 1. The molecule has 1 aromatic rings. The number of aromatic hydroxyl groups is 1. The first kappa shape index (κ1) is 13.8. The van der Waals surface area contributed by atoms with Gasteiger partial charge in [0, 0.05) is 16.7 Å². The summed E-state index contributed by atoms with van der Waals surface area (Å²) in [5.74, 6) is 0.295. The minimum atomic E-state index is -0.197. The number of phenolic OH excluding ortho intramolecular Hbond substituents is 1. The summed E-state index contributed by atoms with van der Waals surface area (Å²) in [7, 11) is 0. The second kappa shape index (κ2) is 4.17. The molecule has 93 valence electrons. The van der Waals surface area contributed by atoms with Crippen molar-refractivity contribution in [2.75, 3.05) is 0 Å². The van der Waals surface area contributed by atoms with E-state index in [1.54, 1.807) is 12.1 Å². The molecule has 2 heteroatoms. The Morgan fingerprint density at radius 2 is 1.29 bits per heavy atom. The summed E-state index contributed by atoms with van der Waals surface area (Å²) in [4.78, 5) is 10.9. The average Bonchev–Trinajstić information content (AvgIpc) is 2.14. The quantitative estimate of drug-likeness (QED) is 0.806. The van der Waals surface area contributed by atoms with E-state index in [4.69, 9.17) is 0 Å². The highest BCUT2D eigenvalue weighted by Gasteiger charge is 2.26. The smallest absolute Gasteiger partial charge is 0.233 e. The first-order valence-corrected chi connectivity index (χ1v) is 5.83. The van der Waals surface area contributed by atoms with Crippen LogP contribution in [0.3, 0.4) is 0 Å². The van der Waals surface area contributed by atoms with Crippen molar-refractivity contribution in [1.29, 1.82) is 0 Å². The fourth-order valence-corrected chi connectivity index (χ4v) is 1.84. The van der Waals surface area contributed by atoms with Crippen molar-refractivity contribution in [2.24, 2.45) is 0 Å². The average molecular weight is 233 g/mol. The van der Waals surface area contributed by atoms with E-state index in [1.165, 1.54) is 0 Å². The van der Waals surface area contributed by atoms with Gasteiger partial charge in [0.15, 0.2) is 0 Å². The second-order valence-corrected chi connectivity index (χ2v) is 6.52. The molecule has 1 N–H and O–H groups in total. The summed E-state index contributed by atoms with van der Waals surface area (Å²) < 4.78 is 0. The van der Waals surface area contributed by atoms with Gasteiger partial charge in [-0.2, -0.15) is 0 Å². The third-order valence-electron chi connectivity index (χ3n) is 2.84. The van der Waals surface area contributed by atoms with E-state index in [1.807, 2.05) is 47.8 Å². The zero-order valence-electron chi connectivity index (χ0n) is 11.5. The first-order chi connectivity index (χ1) is 7.57. The van der Waals surface area contributed by atoms with Crippen molar-refractivity contribution in [1.82, 2.24) is 0 Å². The number of benzene rings is 1. The van der Waals surface area contributed by atoms with E-state index in [-0.39, 0.29) is 10.8 Å². The van der Waals surface area contributed by atoms with Crippen LogP contribution in [-0.2, 0) is 15.6 Å². The molecule has 0 aliphatic heterocycles. The molecule has 0 aliphatic rings. The lowest BCUT2D eigenvalue weighted by Gasteiger charge is -2.27. The topological polar surface area (TPSA) is 37.3 Å². The van der Waals surface area contributed by atoms with Gasteiger partial charge in [-0.05, 0) is 23.0 Å². The second-order valence-electron chi connectivity index (χ2n) is 6.52. The van der Waals surface area contributed by atoms with E-state index in [0.717, 1.165) is 11.1 Å². The molecule has 0 amide bonds. The molecule has 0 atom stereocenters. The van der Waals surface area contributed by atoms with Crippen molar-refractivity contribution in [2.45, 2.75) is 52.4 Å². The summed E-state index contributed by atoms with van der Waals surface area (Å²) in [5, 5.41) is 10.4. The summed E-state index contributed by atoms with van der Waals surface area (Å²) >= 11 is 0. The summed E-state index contributed by atoms with van der Waals surface area (Å²) in [6, 6.07) is 3.44. The molecule has 0 bridgehead atoms. The van der Waals surface area contributed by atoms with Crippen molar-refractivity contribution < 1.29 is 9.90 Å². The Morgan fingerprint density at radius 3 is 1.53 bits per heavy atom. The van der Waals surface area contributed by atoms with Crippen molar-refractivity contribution in [3.05, 3.63) is 28.8 Å². The third kappa shape index (κ3) is 2.87. The Morgan fingerprint density at radius 1 is 0.941 bits per heavy atom. The highest BCUT2D eigenvalue weighted by Crippen LogP contribution is 2.39. The van der Waals surface area contributed by atoms with Gasteiger partial charge in [-0.3, -0.25) is 4.79 Å². The SMILES string of the molecule is CC(C)(C)c1cc([C]=O)cc(C(C)(C)C)c1O. The summed E-state index contributed by atoms with van der Waals surface area (Å²) in [5.41, 5.74) is 1.69. The lowest BCUT2D eigenvalue weighted by molar-refractivity contribution is 0.423. The molecule has 0 aromatic heterocycles. The maximum atomic E-state index is 10.9. The van der Waals surface area contributed by atoms with Gasteiger partial charge >= 0.3 is 0 Å². The summed E-state index contributed by atoms with van der Waals surface area (Å²) in [6.07, 6.45) is 1.92. The van der Waals surface area contributed by atoms with Crippen molar-refractivity contribution in [3.63, 3.8) is 0 Å². The predicted molar refractivity (Wildman–Crippen MR) is 70.3 cm³/mol. The highest BCUT2D eigenvalue weighted by molar-refractivity contribution is 5.77. The first-order valence-electron chi connectivity index (χ1n) is 5.83. The molecular formula is C15H21O2. The molecule has 2 nitrogen and oxygen atoms in total. The predicted octanol–water partition coefficient (Wildman–Crippen LogP) is 3.45. The lowest BCUT2D eigenvalue weighted by atomic mass is 9.78. The van der Waals surface area contributed by atoms with Crippen LogP contribution < -0.4 is 0 Å². The monoisotopic (exact) mass is 233 g/mol. The molecule has 0 fully saturated rings. The van der Waals surface area contributed by atoms with Crippen LogP contribution in [0.25, 0.3) is 0 Å². The van der Waals surface area contributed by atoms with Gasteiger partial charge < -0.3 is 5.11 Å². The Kier molecular flexibility index (Phi) is 3.37. The maximum absolute atomic E-state index is 10.9. The zero-order valence-corrected chi connectivity index (χ0v) is 11.5. The molecule has 0 spiro atoms. The molecule has 0 aliphatic carbocycles. The molecule has 17 heavy (non-hydrogen) atoms. The van der Waals surface area contributed by atoms with Crippen LogP contribution in [0.4, 0.5) is 0 Å². The molecule has 1 aromatic carbocycles. The van der Waals surface area contributed by atoms with Gasteiger partial charge in [0.05, 0.1) is 0 Å². The van der Waals surface area contributed by atoms with Crippen LogP contribution >= 0.6 is 0 Å². The molecule has 0 saturated carbocycles. The highest BCUT2D eigenvalue weighted by atomic mass is 16.3. The van der Waals surface area contributed by atoms with Crippen LogP contribution in [0.5, 0.6) is 5.75 Å². The number of rotatable bonds is 1. The Labute approximate surface area is 104 Å². The van der Waals surface area contributed by atoms with Gasteiger partial charge in [0.2, 0.25) is 6.29 Å². The van der Waals surface area contributed by atoms with E-state index >= 15 is 0 Å². The minimum absolute atomic E-state index is 0.197. The van der Waals surface area contributed by atoms with Gasteiger partial charge in [-0.1, -0.05) is 41.5 Å². The Hall–Kier alpha value is -1.31. The minimum Gasteiger partial charge on any atom is -0.507 e. The normalized spacial score (nSPS) is 12.6. The third-order valence-corrected chi connectivity index (χ3v) is 2.84. The van der Waals surface area contributed by atoms with Crippen molar-refractivity contribution in [3.8, 4) is 5.75 Å². The molecule has 0 unspecified atom stereocenters. The zero-order chi connectivity index (χ0) is 13.4. The Balaban J connectivity index is 3.59. The van der Waals surface area contributed by atoms with Crippen LogP contribution in [0.2, 0.25) is 0 Å². The lowest BCUT2D eigenvalue weighted by Crippen LogP contribution is -2.17. The van der Waals surface area contributed by atoms with Gasteiger partial charge in [-0.25, -0.2) is 0 Å². The van der Waals surface area contributed by atoms with Crippen LogP contribution in [0.1, 0.15) is 58.2 Å². The fraction of sp³-hybridized carbons (Fsp3) is 0.533. The molecule has 0 heterocycles. The van der Waals surface area contributed by atoms with Crippen LogP contribution in [-0.4, -0.2) is 11.4 Å². The molecule has 1 rings (SSSR count). The van der Waals surface area contributed by atoms with Crippen LogP contribution in [0, 0.1) is 0 Å². The number of phenols is 1. The number of carbonyl (C=O) groups excluding carboxylic acids is 1. The van der Waals surface area contributed by atoms with E-state index in [9.17, 15) is 9.90 Å². The standard InChI is InChI=1S/C15H21O2/c1-14(2,3)11-7-10(9-16)8-12(13(11)17)15(4,5)6/h7-8,17H,1-6H3. The Bertz CT molecular complexity index is 396. The van der Waals surface area contributed by atoms with Gasteiger partial charge in [0.1, 0.15) is 5.75 Å². The van der Waals surface area contributed by atoms with E-state index < -0.39 is 0 Å². The maximum Gasteiger partial charge on any atom is 0.233 e. The number of hydrogen-bond acceptors (Lipinski definition) is 2. The largest absolute Gasteiger partial charge is 0.507 e. The molecule has 1 radical (unpaired) electrons. The molecular weight excluding hydrogens is 212 g/mol. The van der Waals surface area contributed by atoms with Gasteiger partial charge in [-0.15, -0.1) is 0 Å².